The van der Waals surface area contributed by atoms with Gasteiger partial charge < -0.3 is 5.32 Å². The number of benzene rings is 1. The maximum Gasteiger partial charge on any atom is 0.234 e. The molecule has 4 fully saturated rings. The Labute approximate surface area is 152 Å². The van der Waals surface area contributed by atoms with Gasteiger partial charge in [-0.3, -0.25) is 9.69 Å². The molecule has 4 aliphatic carbocycles. The molecule has 5 rings (SSSR count). The monoisotopic (exact) mass is 340 g/mol. The summed E-state index contributed by atoms with van der Waals surface area (Å²) >= 11 is 0. The van der Waals surface area contributed by atoms with Crippen molar-refractivity contribution in [2.45, 2.75) is 52.0 Å². The van der Waals surface area contributed by atoms with E-state index in [1.807, 2.05) is 6.07 Å². The highest BCUT2D eigenvalue weighted by atomic mass is 16.2. The zero-order valence-electron chi connectivity index (χ0n) is 15.5. The van der Waals surface area contributed by atoms with Gasteiger partial charge in [-0.15, -0.1) is 0 Å². The van der Waals surface area contributed by atoms with E-state index in [0.717, 1.165) is 37.4 Å². The molecule has 1 amide bonds. The molecule has 3 heteroatoms. The Bertz CT molecular complexity index is 562. The topological polar surface area (TPSA) is 32.3 Å². The fourth-order valence-corrected chi connectivity index (χ4v) is 6.17. The zero-order chi connectivity index (χ0) is 17.3. The van der Waals surface area contributed by atoms with Crippen LogP contribution in [-0.4, -0.2) is 30.4 Å². The lowest BCUT2D eigenvalue weighted by Gasteiger charge is -2.56. The number of nitrogens with zero attached hydrogens (tertiary/aromatic N) is 1. The molecule has 4 saturated carbocycles. The van der Waals surface area contributed by atoms with Gasteiger partial charge in [-0.2, -0.15) is 0 Å². The van der Waals surface area contributed by atoms with E-state index in [9.17, 15) is 4.79 Å². The standard InChI is InChI=1S/C22H32N2O/c1-2-24(14-17-6-4-3-5-7-17)15-21(25)23-16-22-11-18-8-19(12-22)10-20(9-18)13-22/h3-7,18-20H,2,8-16H2,1H3,(H,23,25). The van der Waals surface area contributed by atoms with Gasteiger partial charge in [-0.1, -0.05) is 37.3 Å². The molecule has 0 atom stereocenters. The first-order valence-corrected chi connectivity index (χ1v) is 10.2. The average molecular weight is 341 g/mol. The van der Waals surface area contributed by atoms with Gasteiger partial charge in [0.05, 0.1) is 6.54 Å². The summed E-state index contributed by atoms with van der Waals surface area (Å²) in [5, 5.41) is 3.31. The molecule has 4 bridgehead atoms. The molecule has 25 heavy (non-hydrogen) atoms. The molecule has 0 spiro atoms. The highest BCUT2D eigenvalue weighted by Gasteiger charge is 2.50. The maximum absolute atomic E-state index is 12.5. The lowest BCUT2D eigenvalue weighted by atomic mass is 9.49. The van der Waals surface area contributed by atoms with Crippen LogP contribution in [0.2, 0.25) is 0 Å². The van der Waals surface area contributed by atoms with Crippen molar-refractivity contribution in [3.05, 3.63) is 35.9 Å². The number of rotatable bonds is 7. The first-order chi connectivity index (χ1) is 12.1. The molecule has 0 unspecified atom stereocenters. The predicted molar refractivity (Wildman–Crippen MR) is 101 cm³/mol. The number of hydrogen-bond acceptors (Lipinski definition) is 2. The third kappa shape index (κ3) is 3.92. The molecule has 0 aliphatic heterocycles. The third-order valence-electron chi connectivity index (χ3n) is 6.89. The fourth-order valence-electron chi connectivity index (χ4n) is 6.17. The Morgan fingerprint density at radius 1 is 1.08 bits per heavy atom. The van der Waals surface area contributed by atoms with Crippen LogP contribution in [-0.2, 0) is 11.3 Å². The van der Waals surface area contributed by atoms with Crippen LogP contribution in [0.1, 0.15) is 51.0 Å². The number of hydrogen-bond donors (Lipinski definition) is 1. The van der Waals surface area contributed by atoms with E-state index in [4.69, 9.17) is 0 Å². The average Bonchev–Trinajstić information content (AvgIpc) is 2.59. The molecule has 0 aromatic heterocycles. The molecular weight excluding hydrogens is 308 g/mol. The van der Waals surface area contributed by atoms with Crippen molar-refractivity contribution < 1.29 is 4.79 Å². The number of nitrogens with one attached hydrogen (secondary N) is 1. The summed E-state index contributed by atoms with van der Waals surface area (Å²) in [5.41, 5.74) is 1.71. The Kier molecular flexibility index (Phi) is 4.86. The normalized spacial score (nSPS) is 33.0. The van der Waals surface area contributed by atoms with E-state index >= 15 is 0 Å². The second-order valence-electron chi connectivity index (χ2n) is 8.98. The van der Waals surface area contributed by atoms with Gasteiger partial charge in [0.25, 0.3) is 0 Å². The second kappa shape index (κ2) is 7.11. The molecule has 0 radical (unpaired) electrons. The first-order valence-electron chi connectivity index (χ1n) is 10.2. The van der Waals surface area contributed by atoms with E-state index in [-0.39, 0.29) is 5.91 Å². The molecule has 0 saturated heterocycles. The molecule has 4 aliphatic rings. The van der Waals surface area contributed by atoms with E-state index in [1.165, 1.54) is 44.1 Å². The summed E-state index contributed by atoms with van der Waals surface area (Å²) in [6, 6.07) is 10.4. The molecule has 1 N–H and O–H groups in total. The Hall–Kier alpha value is -1.35. The van der Waals surface area contributed by atoms with E-state index in [0.29, 0.717) is 12.0 Å². The Balaban J connectivity index is 1.28. The van der Waals surface area contributed by atoms with E-state index in [2.05, 4.69) is 41.4 Å². The van der Waals surface area contributed by atoms with Crippen LogP contribution in [0.3, 0.4) is 0 Å². The van der Waals surface area contributed by atoms with Crippen molar-refractivity contribution in [1.82, 2.24) is 10.2 Å². The molecule has 0 heterocycles. The van der Waals surface area contributed by atoms with Crippen LogP contribution in [0.25, 0.3) is 0 Å². The molecule has 3 nitrogen and oxygen atoms in total. The summed E-state index contributed by atoms with van der Waals surface area (Å²) < 4.78 is 0. The van der Waals surface area contributed by atoms with Gasteiger partial charge in [0.2, 0.25) is 5.91 Å². The fraction of sp³-hybridized carbons (Fsp3) is 0.682. The van der Waals surface area contributed by atoms with E-state index in [1.54, 1.807) is 0 Å². The number of amides is 1. The molecule has 1 aromatic rings. The van der Waals surface area contributed by atoms with Crippen molar-refractivity contribution in [2.75, 3.05) is 19.6 Å². The van der Waals surface area contributed by atoms with Crippen LogP contribution >= 0.6 is 0 Å². The maximum atomic E-state index is 12.5. The largest absolute Gasteiger partial charge is 0.354 e. The molecule has 1 aromatic carbocycles. The number of carbonyl (C=O) groups excluding carboxylic acids is 1. The molecule has 136 valence electrons. The minimum atomic E-state index is 0.202. The van der Waals surface area contributed by atoms with Gasteiger partial charge in [0, 0.05) is 13.1 Å². The van der Waals surface area contributed by atoms with Crippen molar-refractivity contribution in [3.8, 4) is 0 Å². The van der Waals surface area contributed by atoms with Crippen molar-refractivity contribution in [3.63, 3.8) is 0 Å². The smallest absolute Gasteiger partial charge is 0.234 e. The van der Waals surface area contributed by atoms with Crippen LogP contribution in [0.5, 0.6) is 0 Å². The highest BCUT2D eigenvalue weighted by molar-refractivity contribution is 5.78. The quantitative estimate of drug-likeness (QED) is 0.818. The summed E-state index contributed by atoms with van der Waals surface area (Å²) in [6.07, 6.45) is 8.48. The first kappa shape index (κ1) is 17.1. The van der Waals surface area contributed by atoms with Gasteiger partial charge in [-0.05, 0) is 73.8 Å². The third-order valence-corrected chi connectivity index (χ3v) is 6.89. The summed E-state index contributed by atoms with van der Waals surface area (Å²) in [5.74, 6) is 3.06. The Morgan fingerprint density at radius 3 is 2.24 bits per heavy atom. The van der Waals surface area contributed by atoms with Gasteiger partial charge in [0.15, 0.2) is 0 Å². The summed E-state index contributed by atoms with van der Waals surface area (Å²) in [7, 11) is 0. The number of carbonyl (C=O) groups is 1. The Morgan fingerprint density at radius 2 is 1.68 bits per heavy atom. The minimum absolute atomic E-state index is 0.202. The van der Waals surface area contributed by atoms with Crippen LogP contribution in [0.4, 0.5) is 0 Å². The highest BCUT2D eigenvalue weighted by Crippen LogP contribution is 2.59. The van der Waals surface area contributed by atoms with Gasteiger partial charge in [0.1, 0.15) is 0 Å². The second-order valence-corrected chi connectivity index (χ2v) is 8.98. The van der Waals surface area contributed by atoms with Gasteiger partial charge in [-0.25, -0.2) is 0 Å². The SMILES string of the molecule is CCN(CC(=O)NCC12CC3CC(CC(C3)C1)C2)Cc1ccccc1. The predicted octanol–water partition coefficient (Wildman–Crippen LogP) is 3.84. The summed E-state index contributed by atoms with van der Waals surface area (Å²) in [4.78, 5) is 14.8. The minimum Gasteiger partial charge on any atom is -0.354 e. The van der Waals surface area contributed by atoms with Crippen LogP contribution in [0.15, 0.2) is 30.3 Å². The molecular formula is C22H32N2O. The van der Waals surface area contributed by atoms with Crippen molar-refractivity contribution in [1.29, 1.82) is 0 Å². The summed E-state index contributed by atoms with van der Waals surface area (Å²) in [6.45, 7) is 5.31. The van der Waals surface area contributed by atoms with Crippen molar-refractivity contribution in [2.24, 2.45) is 23.2 Å². The lowest BCUT2D eigenvalue weighted by Crippen LogP contribution is -2.52. The van der Waals surface area contributed by atoms with Crippen LogP contribution < -0.4 is 5.32 Å². The van der Waals surface area contributed by atoms with Crippen molar-refractivity contribution >= 4 is 5.91 Å². The van der Waals surface area contributed by atoms with Crippen LogP contribution in [0, 0.1) is 23.2 Å². The zero-order valence-corrected chi connectivity index (χ0v) is 15.5. The van der Waals surface area contributed by atoms with Gasteiger partial charge >= 0.3 is 0 Å². The van der Waals surface area contributed by atoms with E-state index < -0.39 is 0 Å². The lowest BCUT2D eigenvalue weighted by molar-refractivity contribution is -0.124. The number of likely N-dealkylation sites (N-methyl/N-ethyl adjacent to an activating group) is 1.